The van der Waals surface area contributed by atoms with Crippen molar-refractivity contribution in [3.8, 4) is 0 Å². The van der Waals surface area contributed by atoms with Gasteiger partial charge in [0.05, 0.1) is 0 Å². The van der Waals surface area contributed by atoms with Gasteiger partial charge in [0, 0.05) is 18.6 Å². The van der Waals surface area contributed by atoms with Gasteiger partial charge in [0.15, 0.2) is 0 Å². The zero-order valence-electron chi connectivity index (χ0n) is 13.9. The molecule has 20 heavy (non-hydrogen) atoms. The first kappa shape index (κ1) is 17.2. The Kier molecular flexibility index (Phi) is 7.86. The van der Waals surface area contributed by atoms with E-state index in [0.29, 0.717) is 12.1 Å². The Morgan fingerprint density at radius 1 is 1.00 bits per heavy atom. The molecule has 0 aliphatic heterocycles. The summed E-state index contributed by atoms with van der Waals surface area (Å²) in [6.07, 6.45) is 3.56. The molecule has 1 aromatic carbocycles. The van der Waals surface area contributed by atoms with E-state index in [4.69, 9.17) is 0 Å². The van der Waals surface area contributed by atoms with Gasteiger partial charge in [-0.3, -0.25) is 0 Å². The van der Waals surface area contributed by atoms with E-state index in [9.17, 15) is 0 Å². The van der Waals surface area contributed by atoms with E-state index in [1.807, 2.05) is 0 Å². The van der Waals surface area contributed by atoms with Gasteiger partial charge in [-0.15, -0.1) is 0 Å². The Morgan fingerprint density at radius 2 is 1.60 bits per heavy atom. The quantitative estimate of drug-likeness (QED) is 0.733. The van der Waals surface area contributed by atoms with Crippen LogP contribution in [0.3, 0.4) is 0 Å². The standard InChI is InChI=1S/C18H32N2/c1-6-15-10-12-16(13-11-15)18(19-9-4)14-20(5)17(7-2)8-3/h10-13,17-19H,6-9,14H2,1-5H3. The third kappa shape index (κ3) is 4.92. The molecule has 0 aliphatic rings. The number of nitrogens with one attached hydrogen (secondary N) is 1. The second-order valence-corrected chi connectivity index (χ2v) is 5.62. The molecule has 0 spiro atoms. The lowest BCUT2D eigenvalue weighted by Crippen LogP contribution is -2.38. The Hall–Kier alpha value is -0.860. The number of nitrogens with zero attached hydrogens (tertiary/aromatic N) is 1. The zero-order valence-corrected chi connectivity index (χ0v) is 13.9. The topological polar surface area (TPSA) is 15.3 Å². The van der Waals surface area contributed by atoms with Crippen molar-refractivity contribution >= 4 is 0 Å². The monoisotopic (exact) mass is 276 g/mol. The molecule has 0 fully saturated rings. The maximum absolute atomic E-state index is 3.63. The van der Waals surface area contributed by atoms with Crippen LogP contribution in [0.1, 0.15) is 57.7 Å². The molecule has 0 bridgehead atoms. The van der Waals surface area contributed by atoms with Crippen LogP contribution in [0.15, 0.2) is 24.3 Å². The van der Waals surface area contributed by atoms with Gasteiger partial charge in [-0.1, -0.05) is 52.0 Å². The lowest BCUT2D eigenvalue weighted by Gasteiger charge is -2.31. The number of benzene rings is 1. The minimum absolute atomic E-state index is 0.427. The van der Waals surface area contributed by atoms with Crippen LogP contribution in [0.4, 0.5) is 0 Å². The molecule has 1 aromatic rings. The maximum Gasteiger partial charge on any atom is 0.0449 e. The molecule has 0 aromatic heterocycles. The molecular formula is C18H32N2. The molecule has 1 N–H and O–H groups in total. The largest absolute Gasteiger partial charge is 0.309 e. The summed E-state index contributed by atoms with van der Waals surface area (Å²) in [6.45, 7) is 11.0. The highest BCUT2D eigenvalue weighted by Crippen LogP contribution is 2.18. The lowest BCUT2D eigenvalue weighted by molar-refractivity contribution is 0.206. The molecule has 114 valence electrons. The summed E-state index contributed by atoms with van der Waals surface area (Å²) in [5, 5.41) is 3.63. The summed E-state index contributed by atoms with van der Waals surface area (Å²) < 4.78 is 0. The molecule has 0 saturated heterocycles. The van der Waals surface area contributed by atoms with E-state index in [1.54, 1.807) is 0 Å². The van der Waals surface area contributed by atoms with Crippen LogP contribution in [-0.4, -0.2) is 31.1 Å². The summed E-state index contributed by atoms with van der Waals surface area (Å²) in [5.74, 6) is 0. The number of hydrogen-bond acceptors (Lipinski definition) is 2. The van der Waals surface area contributed by atoms with Crippen LogP contribution in [-0.2, 0) is 6.42 Å². The molecule has 1 unspecified atom stereocenters. The second-order valence-electron chi connectivity index (χ2n) is 5.62. The molecular weight excluding hydrogens is 244 g/mol. The first-order chi connectivity index (χ1) is 9.65. The summed E-state index contributed by atoms with van der Waals surface area (Å²) >= 11 is 0. The fourth-order valence-corrected chi connectivity index (χ4v) is 2.87. The van der Waals surface area contributed by atoms with Gasteiger partial charge in [-0.2, -0.15) is 0 Å². The first-order valence-electron chi connectivity index (χ1n) is 8.18. The average molecular weight is 276 g/mol. The average Bonchev–Trinajstić information content (AvgIpc) is 2.48. The highest BCUT2D eigenvalue weighted by atomic mass is 15.1. The SMILES string of the molecule is CCNC(CN(C)C(CC)CC)c1ccc(CC)cc1. The Bertz CT molecular complexity index is 354. The van der Waals surface area contributed by atoms with Crippen molar-refractivity contribution in [2.75, 3.05) is 20.1 Å². The van der Waals surface area contributed by atoms with Crippen molar-refractivity contribution in [2.24, 2.45) is 0 Å². The Balaban J connectivity index is 2.76. The predicted octanol–water partition coefficient (Wildman–Crippen LogP) is 4.02. The van der Waals surface area contributed by atoms with E-state index in [0.717, 1.165) is 19.5 Å². The second kappa shape index (κ2) is 9.15. The highest BCUT2D eigenvalue weighted by Gasteiger charge is 2.17. The Labute approximate surface area is 125 Å². The number of rotatable bonds is 9. The van der Waals surface area contributed by atoms with E-state index in [-0.39, 0.29) is 0 Å². The summed E-state index contributed by atoms with van der Waals surface area (Å²) in [6, 6.07) is 10.2. The third-order valence-electron chi connectivity index (χ3n) is 4.28. The summed E-state index contributed by atoms with van der Waals surface area (Å²) in [4.78, 5) is 2.50. The van der Waals surface area contributed by atoms with Gasteiger partial charge in [-0.25, -0.2) is 0 Å². The third-order valence-corrected chi connectivity index (χ3v) is 4.28. The van der Waals surface area contributed by atoms with Crippen molar-refractivity contribution in [3.05, 3.63) is 35.4 Å². The molecule has 0 radical (unpaired) electrons. The van der Waals surface area contributed by atoms with Crippen molar-refractivity contribution in [3.63, 3.8) is 0 Å². The van der Waals surface area contributed by atoms with E-state index in [1.165, 1.54) is 24.0 Å². The molecule has 1 atom stereocenters. The van der Waals surface area contributed by atoms with Crippen LogP contribution in [0.2, 0.25) is 0 Å². The van der Waals surface area contributed by atoms with Crippen LogP contribution in [0, 0.1) is 0 Å². The van der Waals surface area contributed by atoms with Gasteiger partial charge >= 0.3 is 0 Å². The molecule has 1 rings (SSSR count). The molecule has 0 aliphatic carbocycles. The minimum Gasteiger partial charge on any atom is -0.309 e. The molecule has 0 heterocycles. The van der Waals surface area contributed by atoms with Crippen molar-refractivity contribution < 1.29 is 0 Å². The molecule has 2 nitrogen and oxygen atoms in total. The Morgan fingerprint density at radius 3 is 2.05 bits per heavy atom. The van der Waals surface area contributed by atoms with Crippen LogP contribution in [0.5, 0.6) is 0 Å². The molecule has 2 heteroatoms. The maximum atomic E-state index is 3.63. The van der Waals surface area contributed by atoms with Crippen molar-refractivity contribution in [1.82, 2.24) is 10.2 Å². The van der Waals surface area contributed by atoms with Gasteiger partial charge in [-0.05, 0) is 44.0 Å². The van der Waals surface area contributed by atoms with Gasteiger partial charge in [0.2, 0.25) is 0 Å². The van der Waals surface area contributed by atoms with Crippen molar-refractivity contribution in [2.45, 2.75) is 59.0 Å². The van der Waals surface area contributed by atoms with Gasteiger partial charge in [0.25, 0.3) is 0 Å². The fourth-order valence-electron chi connectivity index (χ4n) is 2.87. The van der Waals surface area contributed by atoms with Crippen LogP contribution in [0.25, 0.3) is 0 Å². The van der Waals surface area contributed by atoms with Crippen LogP contribution < -0.4 is 5.32 Å². The van der Waals surface area contributed by atoms with E-state index in [2.05, 4.69) is 69.2 Å². The first-order valence-corrected chi connectivity index (χ1v) is 8.18. The molecule has 0 amide bonds. The number of aryl methyl sites for hydroxylation is 1. The number of hydrogen-bond donors (Lipinski definition) is 1. The minimum atomic E-state index is 0.427. The van der Waals surface area contributed by atoms with Gasteiger partial charge in [0.1, 0.15) is 0 Å². The van der Waals surface area contributed by atoms with Crippen LogP contribution >= 0.6 is 0 Å². The predicted molar refractivity (Wildman–Crippen MR) is 89.2 cm³/mol. The normalized spacial score (nSPS) is 13.2. The van der Waals surface area contributed by atoms with Crippen molar-refractivity contribution in [1.29, 1.82) is 0 Å². The molecule has 0 saturated carbocycles. The summed E-state index contributed by atoms with van der Waals surface area (Å²) in [5.41, 5.74) is 2.82. The van der Waals surface area contributed by atoms with E-state index >= 15 is 0 Å². The lowest BCUT2D eigenvalue weighted by atomic mass is 10.0. The summed E-state index contributed by atoms with van der Waals surface area (Å²) in [7, 11) is 2.25. The number of likely N-dealkylation sites (N-methyl/N-ethyl adjacent to an activating group) is 2. The highest BCUT2D eigenvalue weighted by molar-refractivity contribution is 5.25. The van der Waals surface area contributed by atoms with Gasteiger partial charge < -0.3 is 10.2 Å². The smallest absolute Gasteiger partial charge is 0.0449 e. The zero-order chi connectivity index (χ0) is 15.0. The fraction of sp³-hybridized carbons (Fsp3) is 0.667. The van der Waals surface area contributed by atoms with E-state index < -0.39 is 0 Å².